The van der Waals surface area contributed by atoms with Gasteiger partial charge < -0.3 is 4.74 Å². The summed E-state index contributed by atoms with van der Waals surface area (Å²) in [6.07, 6.45) is 0. The first-order valence-corrected chi connectivity index (χ1v) is 10.0. The second kappa shape index (κ2) is 7.03. The van der Waals surface area contributed by atoms with E-state index < -0.39 is 10.0 Å². The van der Waals surface area contributed by atoms with Crippen LogP contribution in [0, 0.1) is 6.92 Å². The Labute approximate surface area is 155 Å². The molecule has 1 aromatic heterocycles. The quantitative estimate of drug-likeness (QED) is 0.687. The summed E-state index contributed by atoms with van der Waals surface area (Å²) in [5.74, 6) is 0.747. The van der Waals surface area contributed by atoms with Crippen LogP contribution in [0.4, 0.5) is 5.13 Å². The minimum Gasteiger partial charge on any atom is -0.497 e. The summed E-state index contributed by atoms with van der Waals surface area (Å²) in [5.41, 5.74) is 2.07. The monoisotopic (exact) mass is 394 g/mol. The zero-order valence-corrected chi connectivity index (χ0v) is 15.9. The largest absolute Gasteiger partial charge is 0.497 e. The molecule has 0 unspecified atom stereocenters. The van der Waals surface area contributed by atoms with Gasteiger partial charge in [-0.2, -0.15) is 0 Å². The predicted molar refractivity (Wildman–Crippen MR) is 101 cm³/mol. The number of rotatable bonds is 5. The average molecular weight is 395 g/mol. The highest BCUT2D eigenvalue weighted by molar-refractivity contribution is 7.93. The summed E-state index contributed by atoms with van der Waals surface area (Å²) in [4.78, 5) is 4.49. The molecule has 0 radical (unpaired) electrons. The van der Waals surface area contributed by atoms with Crippen molar-refractivity contribution in [2.75, 3.05) is 11.8 Å². The topological polar surface area (TPSA) is 68.3 Å². The minimum absolute atomic E-state index is 0.140. The highest BCUT2D eigenvalue weighted by Crippen LogP contribution is 2.29. The summed E-state index contributed by atoms with van der Waals surface area (Å²) in [6.45, 7) is 1.67. The molecule has 3 aromatic rings. The maximum Gasteiger partial charge on any atom is 0.263 e. The first-order chi connectivity index (χ1) is 11.9. The lowest BCUT2D eigenvalue weighted by Crippen LogP contribution is -2.14. The van der Waals surface area contributed by atoms with Crippen molar-refractivity contribution in [3.8, 4) is 17.0 Å². The smallest absolute Gasteiger partial charge is 0.263 e. The Bertz CT molecular complexity index is 999. The summed E-state index contributed by atoms with van der Waals surface area (Å²) in [5, 5.41) is 2.50. The van der Waals surface area contributed by atoms with E-state index in [9.17, 15) is 8.42 Å². The maximum absolute atomic E-state index is 12.6. The molecular weight excluding hydrogens is 380 g/mol. The van der Waals surface area contributed by atoms with Crippen molar-refractivity contribution >= 4 is 38.1 Å². The van der Waals surface area contributed by atoms with Crippen molar-refractivity contribution in [1.29, 1.82) is 0 Å². The third-order valence-corrected chi connectivity index (χ3v) is 6.40. The van der Waals surface area contributed by atoms with Crippen LogP contribution in [-0.2, 0) is 10.0 Å². The first kappa shape index (κ1) is 17.7. The van der Waals surface area contributed by atoms with Crippen LogP contribution in [0.5, 0.6) is 5.75 Å². The van der Waals surface area contributed by atoms with Crippen LogP contribution in [0.1, 0.15) is 5.56 Å². The second-order valence-electron chi connectivity index (χ2n) is 5.23. The third-order valence-electron chi connectivity index (χ3n) is 3.62. The summed E-state index contributed by atoms with van der Waals surface area (Å²) in [6, 6.07) is 12.2. The molecule has 0 amide bonds. The van der Waals surface area contributed by atoms with Gasteiger partial charge in [0.05, 0.1) is 17.7 Å². The second-order valence-corrected chi connectivity index (χ2v) is 8.15. The molecule has 0 fully saturated rings. The number of sulfonamides is 1. The van der Waals surface area contributed by atoms with Gasteiger partial charge in [0.15, 0.2) is 5.13 Å². The number of ether oxygens (including phenoxy) is 1. The number of aromatic nitrogens is 1. The van der Waals surface area contributed by atoms with Gasteiger partial charge in [0.2, 0.25) is 0 Å². The van der Waals surface area contributed by atoms with Crippen LogP contribution in [0.3, 0.4) is 0 Å². The molecule has 25 heavy (non-hydrogen) atoms. The van der Waals surface area contributed by atoms with E-state index in [0.717, 1.165) is 11.3 Å². The molecule has 1 N–H and O–H groups in total. The lowest BCUT2D eigenvalue weighted by Gasteiger charge is -2.09. The lowest BCUT2D eigenvalue weighted by molar-refractivity contribution is 0.415. The molecule has 0 aliphatic carbocycles. The van der Waals surface area contributed by atoms with E-state index in [2.05, 4.69) is 9.71 Å². The lowest BCUT2D eigenvalue weighted by atomic mass is 10.2. The molecule has 0 aliphatic heterocycles. The summed E-state index contributed by atoms with van der Waals surface area (Å²) in [7, 11) is -2.15. The zero-order chi connectivity index (χ0) is 18.0. The molecule has 0 bridgehead atoms. The van der Waals surface area contributed by atoms with Gasteiger partial charge in [-0.1, -0.05) is 17.7 Å². The van der Waals surface area contributed by atoms with Gasteiger partial charge in [-0.25, -0.2) is 13.4 Å². The zero-order valence-electron chi connectivity index (χ0n) is 13.5. The first-order valence-electron chi connectivity index (χ1n) is 7.28. The minimum atomic E-state index is -3.75. The highest BCUT2D eigenvalue weighted by Gasteiger charge is 2.20. The van der Waals surface area contributed by atoms with Crippen LogP contribution in [0.15, 0.2) is 52.7 Å². The highest BCUT2D eigenvalue weighted by atomic mass is 35.5. The molecule has 0 saturated heterocycles. The molecule has 2 aromatic carbocycles. The van der Waals surface area contributed by atoms with Gasteiger partial charge in [-0.15, -0.1) is 11.3 Å². The van der Waals surface area contributed by atoms with E-state index in [1.807, 2.05) is 24.3 Å². The number of hydrogen-bond donors (Lipinski definition) is 1. The molecule has 3 rings (SSSR count). The van der Waals surface area contributed by atoms with Crippen LogP contribution < -0.4 is 9.46 Å². The number of hydrogen-bond acceptors (Lipinski definition) is 5. The van der Waals surface area contributed by atoms with Crippen molar-refractivity contribution < 1.29 is 13.2 Å². The van der Waals surface area contributed by atoms with Crippen molar-refractivity contribution in [2.24, 2.45) is 0 Å². The number of nitrogens with zero attached hydrogens (tertiary/aromatic N) is 1. The molecule has 1 heterocycles. The number of thiazole rings is 1. The van der Waals surface area contributed by atoms with Gasteiger partial charge >= 0.3 is 0 Å². The van der Waals surface area contributed by atoms with Crippen molar-refractivity contribution in [2.45, 2.75) is 11.8 Å². The Balaban J connectivity index is 1.86. The third kappa shape index (κ3) is 3.78. The molecule has 130 valence electrons. The van der Waals surface area contributed by atoms with Gasteiger partial charge in [0, 0.05) is 16.0 Å². The Morgan fingerprint density at radius 2 is 1.88 bits per heavy atom. The van der Waals surface area contributed by atoms with Gasteiger partial charge in [-0.05, 0) is 48.9 Å². The molecule has 0 spiro atoms. The average Bonchev–Trinajstić information content (AvgIpc) is 3.05. The SMILES string of the molecule is COc1ccc(-c2csc(NS(=O)(=O)c3cccc(Cl)c3C)n2)cc1. The fourth-order valence-electron chi connectivity index (χ4n) is 2.26. The van der Waals surface area contributed by atoms with E-state index in [-0.39, 0.29) is 4.90 Å². The van der Waals surface area contributed by atoms with Crippen LogP contribution in [0.2, 0.25) is 5.02 Å². The van der Waals surface area contributed by atoms with Gasteiger partial charge in [-0.3, -0.25) is 4.72 Å². The van der Waals surface area contributed by atoms with Crippen LogP contribution in [0.25, 0.3) is 11.3 Å². The number of nitrogens with one attached hydrogen (secondary N) is 1. The van der Waals surface area contributed by atoms with E-state index >= 15 is 0 Å². The fraction of sp³-hybridized carbons (Fsp3) is 0.118. The Morgan fingerprint density at radius 1 is 1.16 bits per heavy atom. The van der Waals surface area contributed by atoms with Crippen LogP contribution in [-0.4, -0.2) is 20.5 Å². The standard InChI is InChI=1S/C17H15ClN2O3S2/c1-11-14(18)4-3-5-16(11)25(21,22)20-17-19-15(10-24-17)12-6-8-13(23-2)9-7-12/h3-10H,1-2H3,(H,19,20). The van der Waals surface area contributed by atoms with Gasteiger partial charge in [0.1, 0.15) is 5.75 Å². The van der Waals surface area contributed by atoms with Gasteiger partial charge in [0.25, 0.3) is 10.0 Å². The number of halogens is 1. The molecule has 0 saturated carbocycles. The normalized spacial score (nSPS) is 11.3. The van der Waals surface area contributed by atoms with E-state index in [0.29, 0.717) is 21.4 Å². The van der Waals surface area contributed by atoms with E-state index in [1.54, 1.807) is 31.5 Å². The molecule has 0 atom stereocenters. The Hall–Kier alpha value is -2.09. The van der Waals surface area contributed by atoms with Crippen molar-refractivity contribution in [3.05, 3.63) is 58.4 Å². The molecule has 0 aliphatic rings. The summed E-state index contributed by atoms with van der Waals surface area (Å²) < 4.78 is 32.8. The fourth-order valence-corrected chi connectivity index (χ4v) is 4.74. The number of methoxy groups -OCH3 is 1. The molecular formula is C17H15ClN2O3S2. The Kier molecular flexibility index (Phi) is 4.99. The molecule has 8 heteroatoms. The van der Waals surface area contributed by atoms with E-state index in [1.165, 1.54) is 17.4 Å². The van der Waals surface area contributed by atoms with Crippen molar-refractivity contribution in [1.82, 2.24) is 4.98 Å². The van der Waals surface area contributed by atoms with Crippen molar-refractivity contribution in [3.63, 3.8) is 0 Å². The number of benzene rings is 2. The predicted octanol–water partition coefficient (Wildman–Crippen LogP) is 4.58. The maximum atomic E-state index is 12.6. The van der Waals surface area contributed by atoms with Crippen LogP contribution >= 0.6 is 22.9 Å². The molecule has 5 nitrogen and oxygen atoms in total. The number of anilines is 1. The summed E-state index contributed by atoms with van der Waals surface area (Å²) >= 11 is 7.24. The Morgan fingerprint density at radius 3 is 2.56 bits per heavy atom. The van der Waals surface area contributed by atoms with E-state index in [4.69, 9.17) is 16.3 Å².